The molecule has 0 aliphatic carbocycles. The predicted octanol–water partition coefficient (Wildman–Crippen LogP) is 5.17. The molecule has 0 unspecified atom stereocenters. The minimum absolute atomic E-state index is 0.0407. The summed E-state index contributed by atoms with van der Waals surface area (Å²) in [6, 6.07) is 23.2. The molecule has 39 heavy (non-hydrogen) atoms. The average Bonchev–Trinajstić information content (AvgIpc) is 3.20. The van der Waals surface area contributed by atoms with Gasteiger partial charge in [-0.05, 0) is 67.8 Å². The number of hydrazone groups is 1. The van der Waals surface area contributed by atoms with Gasteiger partial charge >= 0.3 is 5.97 Å². The van der Waals surface area contributed by atoms with Crippen molar-refractivity contribution in [2.75, 3.05) is 36.1 Å². The van der Waals surface area contributed by atoms with Crippen LogP contribution in [-0.2, 0) is 22.5 Å². The van der Waals surface area contributed by atoms with Crippen LogP contribution in [0, 0.1) is 5.41 Å². The van der Waals surface area contributed by atoms with Crippen LogP contribution in [0.1, 0.15) is 35.3 Å². The van der Waals surface area contributed by atoms with Crippen LogP contribution in [-0.4, -0.2) is 54.8 Å². The molecular formula is C31H31ClN4O3. The van der Waals surface area contributed by atoms with Crippen LogP contribution in [0.15, 0.2) is 77.9 Å². The van der Waals surface area contributed by atoms with Gasteiger partial charge in [-0.3, -0.25) is 9.69 Å². The Morgan fingerprint density at radius 2 is 1.85 bits per heavy atom. The lowest BCUT2D eigenvalue weighted by Gasteiger charge is -2.53. The molecule has 6 rings (SSSR count). The summed E-state index contributed by atoms with van der Waals surface area (Å²) in [7, 11) is 0. The first kappa shape index (κ1) is 25.6. The van der Waals surface area contributed by atoms with E-state index in [1.807, 2.05) is 31.2 Å². The van der Waals surface area contributed by atoms with Crippen molar-refractivity contribution in [3.05, 3.63) is 94.5 Å². The lowest BCUT2D eigenvalue weighted by molar-refractivity contribution is -0.125. The fourth-order valence-electron chi connectivity index (χ4n) is 6.25. The number of piperazine rings is 1. The highest BCUT2D eigenvalue weighted by molar-refractivity contribution is 6.31. The number of hydrogen-bond acceptors (Lipinski definition) is 6. The molecule has 3 aliphatic rings. The summed E-state index contributed by atoms with van der Waals surface area (Å²) >= 11 is 6.44. The number of anilines is 2. The number of hydrogen-bond donors (Lipinski definition) is 0. The topological polar surface area (TPSA) is 65.5 Å². The zero-order chi connectivity index (χ0) is 27.1. The van der Waals surface area contributed by atoms with E-state index in [0.29, 0.717) is 29.3 Å². The van der Waals surface area contributed by atoms with Gasteiger partial charge in [0.25, 0.3) is 5.91 Å². The minimum Gasteiger partial charge on any atom is -0.462 e. The van der Waals surface area contributed by atoms with Crippen LogP contribution in [0.2, 0.25) is 5.02 Å². The number of benzene rings is 3. The van der Waals surface area contributed by atoms with E-state index in [2.05, 4.69) is 34.1 Å². The Bertz CT molecular complexity index is 1440. The summed E-state index contributed by atoms with van der Waals surface area (Å²) in [4.78, 5) is 31.4. The number of ether oxygens (including phenoxy) is 1. The van der Waals surface area contributed by atoms with Crippen LogP contribution in [0.5, 0.6) is 0 Å². The summed E-state index contributed by atoms with van der Waals surface area (Å²) in [6.45, 7) is 7.29. The largest absolute Gasteiger partial charge is 0.462 e. The third kappa shape index (κ3) is 4.39. The van der Waals surface area contributed by atoms with E-state index in [1.54, 1.807) is 31.2 Å². The number of carbonyl (C=O) groups excluding carboxylic acids is 2. The molecule has 3 aromatic rings. The number of halogens is 1. The van der Waals surface area contributed by atoms with Crippen molar-refractivity contribution >= 4 is 40.6 Å². The summed E-state index contributed by atoms with van der Waals surface area (Å²) in [5, 5.41) is 7.04. The van der Waals surface area contributed by atoms with Crippen molar-refractivity contribution in [1.82, 2.24) is 4.90 Å². The maximum absolute atomic E-state index is 14.5. The highest BCUT2D eigenvalue weighted by Gasteiger charge is 2.59. The van der Waals surface area contributed by atoms with Gasteiger partial charge in [0.2, 0.25) is 0 Å². The fourth-order valence-corrected chi connectivity index (χ4v) is 6.42. The van der Waals surface area contributed by atoms with Crippen LogP contribution >= 0.6 is 11.6 Å². The zero-order valence-electron chi connectivity index (χ0n) is 22.1. The highest BCUT2D eigenvalue weighted by Crippen LogP contribution is 2.48. The van der Waals surface area contributed by atoms with E-state index in [4.69, 9.17) is 21.4 Å². The van der Waals surface area contributed by atoms with E-state index in [-0.39, 0.29) is 17.9 Å². The Kier molecular flexibility index (Phi) is 6.65. The quantitative estimate of drug-likeness (QED) is 0.416. The second-order valence-corrected chi connectivity index (χ2v) is 10.9. The number of amides is 1. The van der Waals surface area contributed by atoms with E-state index in [1.165, 1.54) is 10.6 Å². The number of nitrogens with zero attached hydrogens (tertiary/aromatic N) is 4. The van der Waals surface area contributed by atoms with Crippen molar-refractivity contribution < 1.29 is 14.3 Å². The molecule has 1 fully saturated rings. The van der Waals surface area contributed by atoms with Crippen LogP contribution in [0.4, 0.5) is 11.4 Å². The van der Waals surface area contributed by atoms with Gasteiger partial charge in [-0.25, -0.2) is 4.79 Å². The van der Waals surface area contributed by atoms with Gasteiger partial charge in [-0.15, -0.1) is 0 Å². The molecule has 8 heteroatoms. The normalized spacial score (nSPS) is 22.5. The Morgan fingerprint density at radius 1 is 1.08 bits per heavy atom. The Hall–Kier alpha value is -3.68. The molecule has 2 atom stereocenters. The highest BCUT2D eigenvalue weighted by atomic mass is 35.5. The van der Waals surface area contributed by atoms with E-state index in [0.717, 1.165) is 43.1 Å². The molecule has 0 saturated carbocycles. The zero-order valence-corrected chi connectivity index (χ0v) is 22.9. The molecule has 3 aliphatic heterocycles. The summed E-state index contributed by atoms with van der Waals surface area (Å²) in [5.74, 6) is -0.423. The number of rotatable bonds is 5. The second-order valence-electron chi connectivity index (χ2n) is 10.4. The molecule has 0 bridgehead atoms. The van der Waals surface area contributed by atoms with Crippen molar-refractivity contribution in [2.45, 2.75) is 32.9 Å². The molecule has 3 heterocycles. The summed E-state index contributed by atoms with van der Waals surface area (Å²) in [5.41, 5.74) is 4.54. The third-order valence-electron chi connectivity index (χ3n) is 8.20. The fraction of sp³-hybridized carbons (Fsp3) is 0.323. The van der Waals surface area contributed by atoms with Crippen molar-refractivity contribution in [2.24, 2.45) is 10.5 Å². The third-order valence-corrected chi connectivity index (χ3v) is 8.44. The molecule has 0 N–H and O–H groups in total. The van der Waals surface area contributed by atoms with Crippen molar-refractivity contribution in [3.63, 3.8) is 0 Å². The first-order valence-corrected chi connectivity index (χ1v) is 13.8. The molecule has 200 valence electrons. The molecular weight excluding hydrogens is 512 g/mol. The second kappa shape index (κ2) is 10.1. The van der Waals surface area contributed by atoms with Gasteiger partial charge in [0, 0.05) is 36.9 Å². The van der Waals surface area contributed by atoms with Crippen LogP contribution in [0.3, 0.4) is 0 Å². The van der Waals surface area contributed by atoms with E-state index >= 15 is 0 Å². The predicted molar refractivity (Wildman–Crippen MR) is 153 cm³/mol. The van der Waals surface area contributed by atoms with Gasteiger partial charge in [-0.1, -0.05) is 48.0 Å². The number of carbonyl (C=O) groups is 2. The molecule has 3 aromatic carbocycles. The van der Waals surface area contributed by atoms with E-state index < -0.39 is 5.41 Å². The van der Waals surface area contributed by atoms with Gasteiger partial charge in [0.15, 0.2) is 0 Å². The van der Waals surface area contributed by atoms with Gasteiger partial charge in [-0.2, -0.15) is 10.1 Å². The van der Waals surface area contributed by atoms with Gasteiger partial charge < -0.3 is 9.64 Å². The summed E-state index contributed by atoms with van der Waals surface area (Å²) < 4.78 is 5.11. The lowest BCUT2D eigenvalue weighted by Crippen LogP contribution is -2.66. The minimum atomic E-state index is -0.810. The maximum Gasteiger partial charge on any atom is 0.338 e. The van der Waals surface area contributed by atoms with Crippen molar-refractivity contribution in [3.8, 4) is 0 Å². The average molecular weight is 543 g/mol. The molecule has 7 nitrogen and oxygen atoms in total. The number of fused-ring (bicyclic) bond motifs is 4. The van der Waals surface area contributed by atoms with Crippen molar-refractivity contribution in [1.29, 1.82) is 0 Å². The first-order valence-electron chi connectivity index (χ1n) is 13.4. The molecule has 1 saturated heterocycles. The van der Waals surface area contributed by atoms with E-state index in [9.17, 15) is 9.59 Å². The van der Waals surface area contributed by atoms with Crippen LogP contribution in [0.25, 0.3) is 0 Å². The Morgan fingerprint density at radius 3 is 2.59 bits per heavy atom. The Balaban J connectivity index is 1.36. The van der Waals surface area contributed by atoms with Gasteiger partial charge in [0.05, 0.1) is 29.6 Å². The molecule has 0 aromatic heterocycles. The van der Waals surface area contributed by atoms with Crippen LogP contribution < -0.4 is 9.91 Å². The molecule has 0 radical (unpaired) electrons. The van der Waals surface area contributed by atoms with Gasteiger partial charge in [0.1, 0.15) is 5.41 Å². The molecule has 1 amide bonds. The first-order chi connectivity index (χ1) is 18.9. The smallest absolute Gasteiger partial charge is 0.338 e. The standard InChI is InChI=1S/C31H31ClN4O3/c1-3-39-29(37)23-10-13-26(14-11-23)36-30(38)31(21(2)33-36)18-24-9-12-25(32)17-27(24)35-16-15-34(20-28(31)35)19-22-7-5-4-6-8-22/h4-14,17,28H,3,15-16,18-20H2,1-2H3/t28-,31+/m1/s1. The number of esters is 1. The summed E-state index contributed by atoms with van der Waals surface area (Å²) in [6.07, 6.45) is 0.561. The monoisotopic (exact) mass is 542 g/mol. The Labute approximate surface area is 233 Å². The maximum atomic E-state index is 14.5. The SMILES string of the molecule is CCOC(=O)c1ccc(N2N=C(C)[C@]3(Cc4ccc(Cl)cc4N4CCN(Cc5ccccc5)C[C@@H]43)C2=O)cc1. The molecule has 1 spiro atoms. The lowest BCUT2D eigenvalue weighted by atomic mass is 9.67.